The zero-order chi connectivity index (χ0) is 24.0. The lowest BCUT2D eigenvalue weighted by atomic mass is 10.0. The third-order valence-electron chi connectivity index (χ3n) is 4.86. The number of carbonyl (C=O) groups is 2. The maximum Gasteiger partial charge on any atom is 0.270 e. The summed E-state index contributed by atoms with van der Waals surface area (Å²) in [5.74, 6) is -1.73. The molecule has 33 heavy (non-hydrogen) atoms. The second-order valence-electron chi connectivity index (χ2n) is 7.18. The standard InChI is InChI=1S/C23H21ClFN3O4S/c1-2-16-13-18(33(24,31)32)9-11-19(16)27-23(30)21(12-15-6-4-3-5-7-15)28-22(29)20-10-8-17(25)14-26-20/h3-11,13-14,21H,2,12H2,1H3,(H,27,30)(H,28,29)/t21-/m0/s1. The summed E-state index contributed by atoms with van der Waals surface area (Å²) < 4.78 is 36.4. The largest absolute Gasteiger partial charge is 0.339 e. The molecule has 3 aromatic rings. The van der Waals surface area contributed by atoms with Crippen molar-refractivity contribution in [1.29, 1.82) is 0 Å². The third kappa shape index (κ3) is 6.59. The fraction of sp³-hybridized carbons (Fsp3) is 0.174. The highest BCUT2D eigenvalue weighted by molar-refractivity contribution is 8.13. The molecule has 0 bridgehead atoms. The van der Waals surface area contributed by atoms with Crippen molar-refractivity contribution in [3.63, 3.8) is 0 Å². The predicted molar refractivity (Wildman–Crippen MR) is 123 cm³/mol. The topological polar surface area (TPSA) is 105 Å². The quantitative estimate of drug-likeness (QED) is 0.469. The van der Waals surface area contributed by atoms with Gasteiger partial charge in [-0.2, -0.15) is 0 Å². The molecule has 0 saturated carbocycles. The Morgan fingerprint density at radius 2 is 1.82 bits per heavy atom. The number of hydrogen-bond donors (Lipinski definition) is 2. The Labute approximate surface area is 195 Å². The molecule has 2 N–H and O–H groups in total. The Morgan fingerprint density at radius 1 is 1.09 bits per heavy atom. The molecular formula is C23H21ClFN3O4S. The minimum atomic E-state index is -3.92. The summed E-state index contributed by atoms with van der Waals surface area (Å²) in [5.41, 5.74) is 1.74. The van der Waals surface area contributed by atoms with Gasteiger partial charge < -0.3 is 10.6 Å². The summed E-state index contributed by atoms with van der Waals surface area (Å²) in [6.45, 7) is 1.80. The molecule has 0 aliphatic rings. The molecule has 0 aliphatic heterocycles. The van der Waals surface area contributed by atoms with Crippen LogP contribution >= 0.6 is 10.7 Å². The second kappa shape index (κ2) is 10.5. The smallest absolute Gasteiger partial charge is 0.270 e. The summed E-state index contributed by atoms with van der Waals surface area (Å²) in [7, 11) is 1.50. The molecule has 1 heterocycles. The molecule has 1 atom stereocenters. The summed E-state index contributed by atoms with van der Waals surface area (Å²) in [4.78, 5) is 29.5. The van der Waals surface area contributed by atoms with Gasteiger partial charge in [0.1, 0.15) is 17.6 Å². The van der Waals surface area contributed by atoms with Crippen molar-refractivity contribution in [2.45, 2.75) is 30.7 Å². The van der Waals surface area contributed by atoms with Crippen LogP contribution in [0.2, 0.25) is 0 Å². The molecular weight excluding hydrogens is 469 g/mol. The van der Waals surface area contributed by atoms with Crippen LogP contribution in [0.15, 0.2) is 71.8 Å². The fourth-order valence-electron chi connectivity index (χ4n) is 3.16. The number of aryl methyl sites for hydroxylation is 1. The zero-order valence-electron chi connectivity index (χ0n) is 17.6. The molecule has 2 amide bonds. The van der Waals surface area contributed by atoms with Crippen LogP contribution in [0.25, 0.3) is 0 Å². The molecule has 0 spiro atoms. The average molecular weight is 490 g/mol. The van der Waals surface area contributed by atoms with Crippen molar-refractivity contribution < 1.29 is 22.4 Å². The van der Waals surface area contributed by atoms with Crippen LogP contribution in [0.1, 0.15) is 28.5 Å². The van der Waals surface area contributed by atoms with E-state index in [9.17, 15) is 22.4 Å². The van der Waals surface area contributed by atoms with Crippen LogP contribution in [-0.4, -0.2) is 31.3 Å². The van der Waals surface area contributed by atoms with Gasteiger partial charge in [0, 0.05) is 22.8 Å². The predicted octanol–water partition coefficient (Wildman–Crippen LogP) is 3.69. The van der Waals surface area contributed by atoms with Gasteiger partial charge in [0.25, 0.3) is 15.0 Å². The molecule has 2 aromatic carbocycles. The van der Waals surface area contributed by atoms with Crippen LogP contribution in [0.3, 0.4) is 0 Å². The molecule has 7 nitrogen and oxygen atoms in total. The van der Waals surface area contributed by atoms with Crippen molar-refractivity contribution >= 4 is 37.2 Å². The monoisotopic (exact) mass is 489 g/mol. The van der Waals surface area contributed by atoms with E-state index < -0.39 is 32.7 Å². The lowest BCUT2D eigenvalue weighted by Crippen LogP contribution is -2.45. The van der Waals surface area contributed by atoms with Crippen LogP contribution in [0.5, 0.6) is 0 Å². The van der Waals surface area contributed by atoms with Crippen LogP contribution in [-0.2, 0) is 26.7 Å². The first-order chi connectivity index (χ1) is 15.7. The van der Waals surface area contributed by atoms with Gasteiger partial charge in [-0.05, 0) is 47.9 Å². The zero-order valence-corrected chi connectivity index (χ0v) is 19.2. The summed E-state index contributed by atoms with van der Waals surface area (Å²) >= 11 is 0. The Hall–Kier alpha value is -3.30. The fourth-order valence-corrected chi connectivity index (χ4v) is 3.96. The van der Waals surface area contributed by atoms with E-state index in [0.29, 0.717) is 17.7 Å². The number of nitrogens with one attached hydrogen (secondary N) is 2. The van der Waals surface area contributed by atoms with E-state index in [1.165, 1.54) is 24.3 Å². The number of amides is 2. The lowest BCUT2D eigenvalue weighted by molar-refractivity contribution is -0.118. The number of pyridine rings is 1. The van der Waals surface area contributed by atoms with E-state index >= 15 is 0 Å². The van der Waals surface area contributed by atoms with Crippen molar-refractivity contribution in [1.82, 2.24) is 10.3 Å². The molecule has 0 fully saturated rings. The normalized spacial score (nSPS) is 12.1. The minimum Gasteiger partial charge on any atom is -0.339 e. The van der Waals surface area contributed by atoms with E-state index in [1.54, 1.807) is 6.92 Å². The molecule has 0 aliphatic carbocycles. The number of hydrogen-bond acceptors (Lipinski definition) is 5. The van der Waals surface area contributed by atoms with Crippen LogP contribution in [0.4, 0.5) is 10.1 Å². The number of carbonyl (C=O) groups excluding carboxylic acids is 2. The summed E-state index contributed by atoms with van der Waals surface area (Å²) in [5, 5.41) is 5.40. The molecule has 0 radical (unpaired) electrons. The summed E-state index contributed by atoms with van der Waals surface area (Å²) in [6, 6.07) is 14.6. The second-order valence-corrected chi connectivity index (χ2v) is 9.74. The van der Waals surface area contributed by atoms with E-state index in [-0.39, 0.29) is 17.0 Å². The van der Waals surface area contributed by atoms with Gasteiger partial charge in [0.05, 0.1) is 11.1 Å². The number of halogens is 2. The van der Waals surface area contributed by atoms with Gasteiger partial charge in [-0.1, -0.05) is 37.3 Å². The van der Waals surface area contributed by atoms with Crippen molar-refractivity contribution in [3.05, 3.63) is 89.5 Å². The highest BCUT2D eigenvalue weighted by atomic mass is 35.7. The van der Waals surface area contributed by atoms with E-state index in [1.807, 2.05) is 30.3 Å². The molecule has 10 heteroatoms. The van der Waals surface area contributed by atoms with Gasteiger partial charge in [0.2, 0.25) is 5.91 Å². The molecule has 172 valence electrons. The van der Waals surface area contributed by atoms with Crippen LogP contribution < -0.4 is 10.6 Å². The maximum atomic E-state index is 13.1. The first-order valence-corrected chi connectivity index (χ1v) is 12.3. The number of aromatic nitrogens is 1. The van der Waals surface area contributed by atoms with Gasteiger partial charge >= 0.3 is 0 Å². The first kappa shape index (κ1) is 24.3. The Bertz CT molecular complexity index is 1250. The first-order valence-electron chi connectivity index (χ1n) is 10.0. The van der Waals surface area contributed by atoms with Gasteiger partial charge in [-0.3, -0.25) is 9.59 Å². The molecule has 3 rings (SSSR count). The van der Waals surface area contributed by atoms with Crippen molar-refractivity contribution in [3.8, 4) is 0 Å². The summed E-state index contributed by atoms with van der Waals surface area (Å²) in [6.07, 6.45) is 1.54. The Morgan fingerprint density at radius 3 is 2.42 bits per heavy atom. The number of anilines is 1. The van der Waals surface area contributed by atoms with Crippen molar-refractivity contribution in [2.75, 3.05) is 5.32 Å². The highest BCUT2D eigenvalue weighted by Crippen LogP contribution is 2.24. The molecule has 0 unspecified atom stereocenters. The lowest BCUT2D eigenvalue weighted by Gasteiger charge is -2.20. The Kier molecular flexibility index (Phi) is 7.78. The van der Waals surface area contributed by atoms with Crippen molar-refractivity contribution in [2.24, 2.45) is 0 Å². The average Bonchev–Trinajstić information content (AvgIpc) is 2.79. The van der Waals surface area contributed by atoms with Gasteiger partial charge in [0.15, 0.2) is 0 Å². The van der Waals surface area contributed by atoms with E-state index in [0.717, 1.165) is 17.8 Å². The molecule has 0 saturated heterocycles. The Balaban J connectivity index is 1.85. The van der Waals surface area contributed by atoms with Crippen LogP contribution in [0, 0.1) is 5.82 Å². The number of rotatable bonds is 8. The SMILES string of the molecule is CCc1cc(S(=O)(=O)Cl)ccc1NC(=O)[C@H](Cc1ccccc1)NC(=O)c1ccc(F)cn1. The molecule has 1 aromatic heterocycles. The third-order valence-corrected chi connectivity index (χ3v) is 6.21. The highest BCUT2D eigenvalue weighted by Gasteiger charge is 2.24. The van der Waals surface area contributed by atoms with E-state index in [4.69, 9.17) is 10.7 Å². The maximum absolute atomic E-state index is 13.1. The van der Waals surface area contributed by atoms with E-state index in [2.05, 4.69) is 15.6 Å². The van der Waals surface area contributed by atoms with Gasteiger partial charge in [-0.15, -0.1) is 0 Å². The number of nitrogens with zero attached hydrogens (tertiary/aromatic N) is 1. The number of benzene rings is 2. The van der Waals surface area contributed by atoms with Gasteiger partial charge in [-0.25, -0.2) is 17.8 Å². The minimum absolute atomic E-state index is 0.0341.